The molecule has 0 radical (unpaired) electrons. The monoisotopic (exact) mass is 207 g/mol. The molecule has 3 heteroatoms. The van der Waals surface area contributed by atoms with Crippen molar-refractivity contribution in [1.82, 2.24) is 0 Å². The van der Waals surface area contributed by atoms with Crippen LogP contribution in [-0.4, -0.2) is 18.6 Å². The smallest absolute Gasteiger partial charge is 0.322 e. The van der Waals surface area contributed by atoms with Crippen LogP contribution >= 0.6 is 0 Å². The second-order valence-corrected chi connectivity index (χ2v) is 3.38. The van der Waals surface area contributed by atoms with Crippen LogP contribution in [0.2, 0.25) is 0 Å². The summed E-state index contributed by atoms with van der Waals surface area (Å²) in [5.74, 6) is -0.312. The number of hydrogen-bond acceptors (Lipinski definition) is 3. The van der Waals surface area contributed by atoms with Gasteiger partial charge in [0.2, 0.25) is 0 Å². The zero-order chi connectivity index (χ0) is 11.1. The van der Waals surface area contributed by atoms with E-state index in [4.69, 9.17) is 10.5 Å². The quantitative estimate of drug-likeness (QED) is 0.744. The van der Waals surface area contributed by atoms with E-state index < -0.39 is 6.04 Å². The Morgan fingerprint density at radius 2 is 2.07 bits per heavy atom. The minimum atomic E-state index is -0.509. The van der Waals surface area contributed by atoms with E-state index in [1.54, 1.807) is 6.92 Å². The number of carbonyl (C=O) groups excluding carboxylic acids is 1. The third-order valence-electron chi connectivity index (χ3n) is 2.18. The van der Waals surface area contributed by atoms with E-state index in [0.29, 0.717) is 13.0 Å². The highest BCUT2D eigenvalue weighted by atomic mass is 16.5. The topological polar surface area (TPSA) is 52.3 Å². The third-order valence-corrected chi connectivity index (χ3v) is 2.18. The fourth-order valence-electron chi connectivity index (χ4n) is 1.33. The van der Waals surface area contributed by atoms with Gasteiger partial charge in [-0.25, -0.2) is 0 Å². The minimum Gasteiger partial charge on any atom is -0.465 e. The van der Waals surface area contributed by atoms with Crippen molar-refractivity contribution in [2.24, 2.45) is 5.73 Å². The lowest BCUT2D eigenvalue weighted by molar-refractivity contribution is -0.144. The zero-order valence-corrected chi connectivity index (χ0v) is 8.98. The maximum atomic E-state index is 11.2. The number of benzene rings is 1. The molecule has 0 heterocycles. The number of ether oxygens (including phenoxy) is 1. The molecule has 0 saturated heterocycles. The summed E-state index contributed by atoms with van der Waals surface area (Å²) in [5.41, 5.74) is 6.87. The standard InChI is InChI=1S/C12H17NO2/c1-2-15-12(14)11(13)9-8-10-6-4-3-5-7-10/h3-7,11H,2,8-9,13H2,1H3/t11-/m0/s1. The third kappa shape index (κ3) is 4.13. The van der Waals surface area contributed by atoms with Crippen molar-refractivity contribution < 1.29 is 9.53 Å². The molecule has 3 nitrogen and oxygen atoms in total. The number of esters is 1. The number of carbonyl (C=O) groups is 1. The molecule has 0 spiro atoms. The van der Waals surface area contributed by atoms with Crippen LogP contribution in [0.25, 0.3) is 0 Å². The second kappa shape index (κ2) is 6.19. The molecule has 0 aromatic heterocycles. The van der Waals surface area contributed by atoms with Crippen LogP contribution in [0.3, 0.4) is 0 Å². The summed E-state index contributed by atoms with van der Waals surface area (Å²) in [6.07, 6.45) is 1.43. The van der Waals surface area contributed by atoms with E-state index >= 15 is 0 Å². The van der Waals surface area contributed by atoms with Crippen LogP contribution < -0.4 is 5.73 Å². The Bertz CT molecular complexity index is 298. The van der Waals surface area contributed by atoms with Crippen molar-refractivity contribution in [2.75, 3.05) is 6.61 Å². The number of aryl methyl sites for hydroxylation is 1. The molecule has 15 heavy (non-hydrogen) atoms. The van der Waals surface area contributed by atoms with Crippen LogP contribution in [0, 0.1) is 0 Å². The first-order valence-electron chi connectivity index (χ1n) is 5.20. The van der Waals surface area contributed by atoms with E-state index in [2.05, 4.69) is 0 Å². The molecule has 2 N–H and O–H groups in total. The molecular weight excluding hydrogens is 190 g/mol. The van der Waals surface area contributed by atoms with Crippen LogP contribution in [0.5, 0.6) is 0 Å². The average molecular weight is 207 g/mol. The van der Waals surface area contributed by atoms with Crippen LogP contribution in [0.1, 0.15) is 18.9 Å². The van der Waals surface area contributed by atoms with Crippen molar-refractivity contribution in [2.45, 2.75) is 25.8 Å². The van der Waals surface area contributed by atoms with Gasteiger partial charge >= 0.3 is 5.97 Å². The lowest BCUT2D eigenvalue weighted by atomic mass is 10.1. The normalized spacial score (nSPS) is 12.1. The van der Waals surface area contributed by atoms with Gasteiger partial charge in [0.05, 0.1) is 6.61 Å². The molecule has 0 saturated carbocycles. The fourth-order valence-corrected chi connectivity index (χ4v) is 1.33. The van der Waals surface area contributed by atoms with Crippen molar-refractivity contribution in [3.8, 4) is 0 Å². The van der Waals surface area contributed by atoms with Gasteiger partial charge in [0.25, 0.3) is 0 Å². The second-order valence-electron chi connectivity index (χ2n) is 3.38. The first kappa shape index (κ1) is 11.7. The number of hydrogen-bond donors (Lipinski definition) is 1. The highest BCUT2D eigenvalue weighted by molar-refractivity contribution is 5.75. The largest absolute Gasteiger partial charge is 0.465 e. The van der Waals surface area contributed by atoms with Gasteiger partial charge in [0.15, 0.2) is 0 Å². The summed E-state index contributed by atoms with van der Waals surface area (Å²) in [7, 11) is 0. The highest BCUT2D eigenvalue weighted by Crippen LogP contribution is 2.04. The maximum absolute atomic E-state index is 11.2. The van der Waals surface area contributed by atoms with E-state index in [1.807, 2.05) is 30.3 Å². The molecule has 82 valence electrons. The van der Waals surface area contributed by atoms with E-state index in [-0.39, 0.29) is 5.97 Å². The van der Waals surface area contributed by atoms with Crippen LogP contribution in [0.4, 0.5) is 0 Å². The molecular formula is C12H17NO2. The molecule has 0 bridgehead atoms. The summed E-state index contributed by atoms with van der Waals surface area (Å²) >= 11 is 0. The molecule has 1 aromatic carbocycles. The predicted octanol–water partition coefficient (Wildman–Crippen LogP) is 1.51. The lowest BCUT2D eigenvalue weighted by Gasteiger charge is -2.09. The van der Waals surface area contributed by atoms with Gasteiger partial charge < -0.3 is 10.5 Å². The highest BCUT2D eigenvalue weighted by Gasteiger charge is 2.13. The molecule has 1 aromatic rings. The number of nitrogens with two attached hydrogens (primary N) is 1. The van der Waals surface area contributed by atoms with Gasteiger partial charge in [-0.3, -0.25) is 4.79 Å². The minimum absolute atomic E-state index is 0.312. The fraction of sp³-hybridized carbons (Fsp3) is 0.417. The summed E-state index contributed by atoms with van der Waals surface area (Å²) in [6, 6.07) is 9.46. The van der Waals surface area contributed by atoms with Gasteiger partial charge in [0, 0.05) is 0 Å². The zero-order valence-electron chi connectivity index (χ0n) is 8.98. The summed E-state index contributed by atoms with van der Waals surface area (Å²) < 4.78 is 4.83. The molecule has 0 unspecified atom stereocenters. The van der Waals surface area contributed by atoms with Crippen molar-refractivity contribution in [3.63, 3.8) is 0 Å². The molecule has 1 atom stereocenters. The Morgan fingerprint density at radius 1 is 1.40 bits per heavy atom. The van der Waals surface area contributed by atoms with Gasteiger partial charge in [-0.15, -0.1) is 0 Å². The lowest BCUT2D eigenvalue weighted by Crippen LogP contribution is -2.32. The maximum Gasteiger partial charge on any atom is 0.322 e. The SMILES string of the molecule is CCOC(=O)[C@@H](N)CCc1ccccc1. The van der Waals surface area contributed by atoms with Gasteiger partial charge in [0.1, 0.15) is 6.04 Å². The summed E-state index contributed by atoms with van der Waals surface area (Å²) in [4.78, 5) is 11.2. The Kier molecular flexibility index (Phi) is 4.84. The molecule has 0 aliphatic rings. The van der Waals surface area contributed by atoms with E-state index in [0.717, 1.165) is 6.42 Å². The van der Waals surface area contributed by atoms with Gasteiger partial charge in [-0.2, -0.15) is 0 Å². The molecule has 0 aliphatic heterocycles. The molecule has 0 fully saturated rings. The molecule has 1 rings (SSSR count). The van der Waals surface area contributed by atoms with Gasteiger partial charge in [-0.05, 0) is 25.3 Å². The van der Waals surface area contributed by atoms with Crippen molar-refractivity contribution >= 4 is 5.97 Å². The first-order valence-corrected chi connectivity index (χ1v) is 5.20. The van der Waals surface area contributed by atoms with E-state index in [9.17, 15) is 4.79 Å². The predicted molar refractivity (Wildman–Crippen MR) is 59.4 cm³/mol. The number of rotatable bonds is 5. The average Bonchev–Trinajstić information content (AvgIpc) is 2.27. The Balaban J connectivity index is 2.34. The van der Waals surface area contributed by atoms with Gasteiger partial charge in [-0.1, -0.05) is 30.3 Å². The summed E-state index contributed by atoms with van der Waals surface area (Å²) in [6.45, 7) is 2.17. The summed E-state index contributed by atoms with van der Waals surface area (Å²) in [5, 5.41) is 0. The van der Waals surface area contributed by atoms with E-state index in [1.165, 1.54) is 5.56 Å². The van der Waals surface area contributed by atoms with Crippen LogP contribution in [-0.2, 0) is 16.0 Å². The first-order chi connectivity index (χ1) is 7.24. The van der Waals surface area contributed by atoms with Crippen molar-refractivity contribution in [1.29, 1.82) is 0 Å². The van der Waals surface area contributed by atoms with Crippen molar-refractivity contribution in [3.05, 3.63) is 35.9 Å². The molecule has 0 aliphatic carbocycles. The Labute approximate surface area is 90.2 Å². The van der Waals surface area contributed by atoms with Crippen LogP contribution in [0.15, 0.2) is 30.3 Å². The Morgan fingerprint density at radius 3 is 2.67 bits per heavy atom. The Hall–Kier alpha value is -1.35. The molecule has 0 amide bonds.